The van der Waals surface area contributed by atoms with Crippen LogP contribution in [0, 0.1) is 11.8 Å². The zero-order valence-corrected chi connectivity index (χ0v) is 10.2. The van der Waals surface area contributed by atoms with Crippen molar-refractivity contribution < 1.29 is 0 Å². The van der Waals surface area contributed by atoms with Crippen molar-refractivity contribution in [3.05, 3.63) is 25.3 Å². The molecule has 0 amide bonds. The SMILES string of the molecule is C=CC1CC(C=C)C([Si](C)(C)C)C1. The Bertz CT molecular complexity index is 200. The Hall–Kier alpha value is -0.303. The highest BCUT2D eigenvalue weighted by Gasteiger charge is 2.38. The van der Waals surface area contributed by atoms with Gasteiger partial charge in [0, 0.05) is 8.07 Å². The average Bonchev–Trinajstić information content (AvgIpc) is 2.46. The molecule has 0 spiro atoms. The second-order valence-electron chi connectivity index (χ2n) is 5.34. The van der Waals surface area contributed by atoms with E-state index in [1.165, 1.54) is 12.8 Å². The highest BCUT2D eigenvalue weighted by Crippen LogP contribution is 2.47. The fourth-order valence-electron chi connectivity index (χ4n) is 2.56. The maximum Gasteiger partial charge on any atom is 0.0479 e. The first-order chi connectivity index (χ1) is 5.99. The van der Waals surface area contributed by atoms with Crippen LogP contribution in [0.4, 0.5) is 0 Å². The van der Waals surface area contributed by atoms with Crippen molar-refractivity contribution in [2.75, 3.05) is 0 Å². The lowest BCUT2D eigenvalue weighted by molar-refractivity contribution is 0.637. The summed E-state index contributed by atoms with van der Waals surface area (Å²) in [5.41, 5.74) is 0.924. The van der Waals surface area contributed by atoms with Crippen LogP contribution in [0.2, 0.25) is 25.2 Å². The molecular weight excluding hydrogens is 172 g/mol. The van der Waals surface area contributed by atoms with Crippen molar-refractivity contribution in [2.24, 2.45) is 11.8 Å². The van der Waals surface area contributed by atoms with Gasteiger partial charge in [-0.15, -0.1) is 13.2 Å². The Morgan fingerprint density at radius 1 is 1.08 bits per heavy atom. The molecule has 0 aromatic heterocycles. The van der Waals surface area contributed by atoms with Gasteiger partial charge in [-0.1, -0.05) is 31.8 Å². The second-order valence-corrected chi connectivity index (χ2v) is 10.8. The van der Waals surface area contributed by atoms with E-state index in [1.807, 2.05) is 0 Å². The molecular formula is C12H22Si. The molecule has 13 heavy (non-hydrogen) atoms. The van der Waals surface area contributed by atoms with Gasteiger partial charge < -0.3 is 0 Å². The van der Waals surface area contributed by atoms with Gasteiger partial charge in [-0.05, 0) is 30.2 Å². The molecule has 1 heteroatoms. The molecule has 0 aromatic carbocycles. The first-order valence-corrected chi connectivity index (χ1v) is 8.82. The average molecular weight is 194 g/mol. The highest BCUT2D eigenvalue weighted by atomic mass is 28.3. The van der Waals surface area contributed by atoms with E-state index in [2.05, 4.69) is 45.0 Å². The predicted octanol–water partition coefficient (Wildman–Crippen LogP) is 4.09. The minimum Gasteiger partial charge on any atom is -0.103 e. The highest BCUT2D eigenvalue weighted by molar-refractivity contribution is 6.77. The quantitative estimate of drug-likeness (QED) is 0.469. The Morgan fingerprint density at radius 3 is 2.00 bits per heavy atom. The summed E-state index contributed by atoms with van der Waals surface area (Å²) in [6.45, 7) is 15.3. The molecule has 0 aromatic rings. The van der Waals surface area contributed by atoms with Crippen molar-refractivity contribution in [1.82, 2.24) is 0 Å². The molecule has 0 aliphatic heterocycles. The molecule has 0 nitrogen and oxygen atoms in total. The summed E-state index contributed by atoms with van der Waals surface area (Å²) < 4.78 is 0. The van der Waals surface area contributed by atoms with Crippen LogP contribution in [0.1, 0.15) is 12.8 Å². The zero-order chi connectivity index (χ0) is 10.1. The molecule has 3 unspecified atom stereocenters. The molecule has 0 bridgehead atoms. The normalized spacial score (nSPS) is 34.5. The van der Waals surface area contributed by atoms with Crippen LogP contribution >= 0.6 is 0 Å². The Balaban J connectivity index is 2.74. The number of hydrogen-bond donors (Lipinski definition) is 0. The number of rotatable bonds is 3. The van der Waals surface area contributed by atoms with Gasteiger partial charge in [-0.3, -0.25) is 0 Å². The Morgan fingerprint density at radius 2 is 1.69 bits per heavy atom. The summed E-state index contributed by atoms with van der Waals surface area (Å²) in [7, 11) is -0.985. The third-order valence-electron chi connectivity index (χ3n) is 3.40. The molecule has 1 aliphatic carbocycles. The van der Waals surface area contributed by atoms with Crippen molar-refractivity contribution in [1.29, 1.82) is 0 Å². The minimum absolute atomic E-state index is 0.750. The van der Waals surface area contributed by atoms with Crippen LogP contribution in [-0.4, -0.2) is 8.07 Å². The maximum atomic E-state index is 3.96. The van der Waals surface area contributed by atoms with Crippen molar-refractivity contribution in [3.8, 4) is 0 Å². The van der Waals surface area contributed by atoms with E-state index < -0.39 is 8.07 Å². The molecule has 0 radical (unpaired) electrons. The molecule has 0 N–H and O–H groups in total. The smallest absolute Gasteiger partial charge is 0.0479 e. The largest absolute Gasteiger partial charge is 0.103 e. The lowest BCUT2D eigenvalue weighted by Crippen LogP contribution is -2.29. The third kappa shape index (κ3) is 2.34. The van der Waals surface area contributed by atoms with Crippen molar-refractivity contribution in [3.63, 3.8) is 0 Å². The lowest BCUT2D eigenvalue weighted by Gasteiger charge is -2.28. The van der Waals surface area contributed by atoms with Crippen LogP contribution in [0.15, 0.2) is 25.3 Å². The molecule has 74 valence electrons. The fourth-order valence-corrected chi connectivity index (χ4v) is 5.13. The van der Waals surface area contributed by atoms with Crippen molar-refractivity contribution >= 4 is 8.07 Å². The number of hydrogen-bond acceptors (Lipinski definition) is 0. The van der Waals surface area contributed by atoms with Gasteiger partial charge >= 0.3 is 0 Å². The molecule has 1 rings (SSSR count). The summed E-state index contributed by atoms with van der Waals surface area (Å²) in [4.78, 5) is 0. The van der Waals surface area contributed by atoms with Gasteiger partial charge in [0.15, 0.2) is 0 Å². The first-order valence-electron chi connectivity index (χ1n) is 5.24. The van der Waals surface area contributed by atoms with Crippen LogP contribution in [0.5, 0.6) is 0 Å². The minimum atomic E-state index is -0.985. The van der Waals surface area contributed by atoms with Gasteiger partial charge in [-0.2, -0.15) is 0 Å². The van der Waals surface area contributed by atoms with Gasteiger partial charge in [0.25, 0.3) is 0 Å². The summed E-state index contributed by atoms with van der Waals surface area (Å²) in [6.07, 6.45) is 6.96. The fraction of sp³-hybridized carbons (Fsp3) is 0.667. The van der Waals surface area contributed by atoms with E-state index in [0.29, 0.717) is 0 Å². The topological polar surface area (TPSA) is 0 Å². The van der Waals surface area contributed by atoms with Gasteiger partial charge in [0.1, 0.15) is 0 Å². The van der Waals surface area contributed by atoms with Crippen LogP contribution in [0.25, 0.3) is 0 Å². The van der Waals surface area contributed by atoms with E-state index in [-0.39, 0.29) is 0 Å². The molecule has 1 fully saturated rings. The van der Waals surface area contributed by atoms with Gasteiger partial charge in [0.05, 0.1) is 0 Å². The lowest BCUT2D eigenvalue weighted by atomic mass is 10.1. The molecule has 0 saturated heterocycles. The third-order valence-corrected chi connectivity index (χ3v) is 6.29. The number of allylic oxidation sites excluding steroid dienone is 2. The Labute approximate surface area is 83.7 Å². The molecule has 0 heterocycles. The van der Waals surface area contributed by atoms with E-state index in [1.54, 1.807) is 0 Å². The first kappa shape index (κ1) is 10.8. The van der Waals surface area contributed by atoms with Crippen LogP contribution < -0.4 is 0 Å². The van der Waals surface area contributed by atoms with E-state index >= 15 is 0 Å². The summed E-state index contributed by atoms with van der Waals surface area (Å²) >= 11 is 0. The summed E-state index contributed by atoms with van der Waals surface area (Å²) in [5, 5.41) is 0. The van der Waals surface area contributed by atoms with Crippen molar-refractivity contribution in [2.45, 2.75) is 38.0 Å². The molecule has 1 aliphatic rings. The second kappa shape index (κ2) is 3.83. The zero-order valence-electron chi connectivity index (χ0n) is 9.22. The predicted molar refractivity (Wildman–Crippen MR) is 63.7 cm³/mol. The molecule has 3 atom stereocenters. The molecule has 1 saturated carbocycles. The summed E-state index contributed by atoms with van der Waals surface area (Å²) in [5.74, 6) is 1.51. The maximum absolute atomic E-state index is 3.96. The van der Waals surface area contributed by atoms with E-state index in [0.717, 1.165) is 17.4 Å². The van der Waals surface area contributed by atoms with Gasteiger partial charge in [0.2, 0.25) is 0 Å². The summed E-state index contributed by atoms with van der Waals surface area (Å²) in [6, 6.07) is 0. The monoisotopic (exact) mass is 194 g/mol. The standard InChI is InChI=1S/C12H22Si/c1-6-10-8-11(7-2)12(9-10)13(3,4)5/h6-7,10-12H,1-2,8-9H2,3-5H3. The van der Waals surface area contributed by atoms with E-state index in [9.17, 15) is 0 Å². The van der Waals surface area contributed by atoms with E-state index in [4.69, 9.17) is 0 Å². The van der Waals surface area contributed by atoms with Crippen LogP contribution in [-0.2, 0) is 0 Å². The van der Waals surface area contributed by atoms with Gasteiger partial charge in [-0.25, -0.2) is 0 Å². The van der Waals surface area contributed by atoms with Crippen LogP contribution in [0.3, 0.4) is 0 Å². The Kier molecular flexibility index (Phi) is 3.17.